The number of hydrogen-bond acceptors (Lipinski definition) is 4. The van der Waals surface area contributed by atoms with Gasteiger partial charge in [0.2, 0.25) is 0 Å². The molecule has 0 fully saturated rings. The number of para-hydroxylation sites is 4. The van der Waals surface area contributed by atoms with E-state index in [0.29, 0.717) is 12.2 Å². The number of nitrogens with zero attached hydrogens (tertiary/aromatic N) is 2. The molecule has 3 aromatic rings. The molecule has 0 radical (unpaired) electrons. The fourth-order valence-electron chi connectivity index (χ4n) is 1.71. The number of aliphatic carboxylic acids is 2. The molecular weight excluding hydrogens is 284 g/mol. The third kappa shape index (κ3) is 4.11. The molecule has 2 aromatic carbocycles. The van der Waals surface area contributed by atoms with Crippen LogP contribution in [0.1, 0.15) is 0 Å². The normalized spacial score (nSPS) is 10.4. The molecule has 6 nitrogen and oxygen atoms in total. The lowest BCUT2D eigenvalue weighted by Gasteiger charge is -1.98. The van der Waals surface area contributed by atoms with Crippen molar-refractivity contribution in [2.24, 2.45) is 0 Å². The van der Waals surface area contributed by atoms with E-state index in [0.717, 1.165) is 22.1 Å². The molecule has 0 amide bonds. The summed E-state index contributed by atoms with van der Waals surface area (Å²) < 4.78 is 0. The first kappa shape index (κ1) is 15.1. The Morgan fingerprint density at radius 1 is 0.682 bits per heavy atom. The smallest absolute Gasteiger partial charge is 0.328 e. The van der Waals surface area contributed by atoms with Gasteiger partial charge in [-0.3, -0.25) is 0 Å². The van der Waals surface area contributed by atoms with Crippen molar-refractivity contribution >= 4 is 34.0 Å². The summed E-state index contributed by atoms with van der Waals surface area (Å²) in [5, 5.41) is 15.6. The van der Waals surface area contributed by atoms with E-state index < -0.39 is 11.9 Å². The lowest BCUT2D eigenvalue weighted by Crippen LogP contribution is -1.91. The predicted octanol–water partition coefficient (Wildman–Crippen LogP) is 2.49. The lowest BCUT2D eigenvalue weighted by molar-refractivity contribution is -0.134. The summed E-state index contributed by atoms with van der Waals surface area (Å²) in [6.45, 7) is 0. The third-order valence-corrected chi connectivity index (χ3v) is 2.61. The van der Waals surface area contributed by atoms with Crippen molar-refractivity contribution in [3.8, 4) is 0 Å². The van der Waals surface area contributed by atoms with Gasteiger partial charge in [-0.1, -0.05) is 24.3 Å². The monoisotopic (exact) mass is 296 g/mol. The largest absolute Gasteiger partial charge is 0.478 e. The number of carbonyl (C=O) groups is 2. The highest BCUT2D eigenvalue weighted by Crippen LogP contribution is 2.14. The maximum atomic E-state index is 9.55. The molecule has 1 heterocycles. The van der Waals surface area contributed by atoms with E-state index in [-0.39, 0.29) is 0 Å². The lowest BCUT2D eigenvalue weighted by atomic mass is 10.2. The average molecular weight is 296 g/mol. The summed E-state index contributed by atoms with van der Waals surface area (Å²) in [6.07, 6.45) is 1.12. The number of hydrogen-bond donors (Lipinski definition) is 2. The number of fused-ring (bicyclic) bond motifs is 2. The zero-order chi connectivity index (χ0) is 15.9. The van der Waals surface area contributed by atoms with Crippen LogP contribution < -0.4 is 0 Å². The molecule has 0 aliphatic rings. The van der Waals surface area contributed by atoms with Crippen LogP contribution in [0.4, 0.5) is 0 Å². The number of rotatable bonds is 2. The highest BCUT2D eigenvalue weighted by Gasteiger charge is 1.98. The van der Waals surface area contributed by atoms with Crippen LogP contribution in [0.5, 0.6) is 0 Å². The quantitative estimate of drug-likeness (QED) is 0.556. The van der Waals surface area contributed by atoms with Crippen LogP contribution in [0.25, 0.3) is 22.1 Å². The maximum Gasteiger partial charge on any atom is 0.328 e. The Labute approximate surface area is 125 Å². The van der Waals surface area contributed by atoms with Crippen LogP contribution in [0, 0.1) is 0 Å². The Balaban J connectivity index is 0.000000192. The van der Waals surface area contributed by atoms with Crippen LogP contribution in [0.15, 0.2) is 60.7 Å². The summed E-state index contributed by atoms with van der Waals surface area (Å²) in [6, 6.07) is 15.8. The Morgan fingerprint density at radius 2 is 0.955 bits per heavy atom. The van der Waals surface area contributed by atoms with Gasteiger partial charge < -0.3 is 10.2 Å². The molecule has 0 bridgehead atoms. The minimum atomic E-state index is -1.26. The molecule has 0 spiro atoms. The average Bonchev–Trinajstić information content (AvgIpc) is 2.51. The van der Waals surface area contributed by atoms with E-state index in [1.165, 1.54) is 0 Å². The molecule has 6 heteroatoms. The summed E-state index contributed by atoms with van der Waals surface area (Å²) >= 11 is 0. The molecule has 0 saturated carbocycles. The molecule has 0 saturated heterocycles. The number of carboxylic acids is 2. The second-order valence-electron chi connectivity index (χ2n) is 4.21. The molecule has 0 aliphatic carbocycles. The van der Waals surface area contributed by atoms with Crippen LogP contribution >= 0.6 is 0 Å². The molecular formula is C16H12N2O4. The van der Waals surface area contributed by atoms with Gasteiger partial charge in [-0.2, -0.15) is 0 Å². The van der Waals surface area contributed by atoms with Gasteiger partial charge in [0.05, 0.1) is 22.1 Å². The second kappa shape index (κ2) is 6.94. The van der Waals surface area contributed by atoms with E-state index in [9.17, 15) is 9.59 Å². The summed E-state index contributed by atoms with van der Waals surface area (Å²) in [5.74, 6) is -2.51. The van der Waals surface area contributed by atoms with E-state index >= 15 is 0 Å². The predicted molar refractivity (Wildman–Crippen MR) is 81.5 cm³/mol. The Hall–Kier alpha value is -3.28. The van der Waals surface area contributed by atoms with Crippen molar-refractivity contribution < 1.29 is 19.8 Å². The third-order valence-electron chi connectivity index (χ3n) is 2.61. The highest BCUT2D eigenvalue weighted by atomic mass is 16.4. The molecule has 2 N–H and O–H groups in total. The maximum absolute atomic E-state index is 9.55. The number of aromatic nitrogens is 2. The van der Waals surface area contributed by atoms with Gasteiger partial charge in [-0.25, -0.2) is 19.6 Å². The van der Waals surface area contributed by atoms with Crippen molar-refractivity contribution in [3.63, 3.8) is 0 Å². The zero-order valence-electron chi connectivity index (χ0n) is 11.4. The van der Waals surface area contributed by atoms with Gasteiger partial charge in [0.25, 0.3) is 0 Å². The van der Waals surface area contributed by atoms with Crippen molar-refractivity contribution in [1.82, 2.24) is 9.97 Å². The van der Waals surface area contributed by atoms with Crippen molar-refractivity contribution in [1.29, 1.82) is 0 Å². The van der Waals surface area contributed by atoms with Gasteiger partial charge in [0.15, 0.2) is 0 Å². The van der Waals surface area contributed by atoms with E-state index in [4.69, 9.17) is 10.2 Å². The molecule has 0 unspecified atom stereocenters. The summed E-state index contributed by atoms with van der Waals surface area (Å²) in [5.41, 5.74) is 3.80. The Bertz CT molecular complexity index is 738. The molecule has 3 rings (SSSR count). The van der Waals surface area contributed by atoms with Crippen LogP contribution in [0.2, 0.25) is 0 Å². The molecule has 22 heavy (non-hydrogen) atoms. The van der Waals surface area contributed by atoms with Crippen molar-refractivity contribution in [2.75, 3.05) is 0 Å². The minimum absolute atomic E-state index is 0.558. The first-order valence-corrected chi connectivity index (χ1v) is 6.32. The van der Waals surface area contributed by atoms with Crippen molar-refractivity contribution in [2.45, 2.75) is 0 Å². The van der Waals surface area contributed by atoms with Gasteiger partial charge in [-0.05, 0) is 24.3 Å². The number of benzene rings is 2. The zero-order valence-corrected chi connectivity index (χ0v) is 11.4. The van der Waals surface area contributed by atoms with Crippen molar-refractivity contribution in [3.05, 3.63) is 60.7 Å². The Kier molecular flexibility index (Phi) is 4.77. The van der Waals surface area contributed by atoms with Gasteiger partial charge in [0, 0.05) is 12.2 Å². The second-order valence-corrected chi connectivity index (χ2v) is 4.21. The van der Waals surface area contributed by atoms with E-state index in [2.05, 4.69) is 9.97 Å². The fourth-order valence-corrected chi connectivity index (χ4v) is 1.71. The van der Waals surface area contributed by atoms with E-state index in [1.54, 1.807) is 0 Å². The molecule has 110 valence electrons. The Morgan fingerprint density at radius 3 is 1.18 bits per heavy atom. The van der Waals surface area contributed by atoms with Crippen LogP contribution in [-0.2, 0) is 9.59 Å². The van der Waals surface area contributed by atoms with Gasteiger partial charge in [0.1, 0.15) is 0 Å². The topological polar surface area (TPSA) is 100 Å². The van der Waals surface area contributed by atoms with E-state index in [1.807, 2.05) is 48.5 Å². The fraction of sp³-hybridized carbons (Fsp3) is 0. The molecule has 0 atom stereocenters. The minimum Gasteiger partial charge on any atom is -0.478 e. The number of carboxylic acid groups (broad SMARTS) is 2. The molecule has 0 aliphatic heterocycles. The summed E-state index contributed by atoms with van der Waals surface area (Å²) in [4.78, 5) is 28.1. The summed E-state index contributed by atoms with van der Waals surface area (Å²) in [7, 11) is 0. The highest BCUT2D eigenvalue weighted by molar-refractivity contribution is 5.89. The standard InChI is InChI=1S/C12H8N2.C4H4O4/c1-2-6-10-9(5-1)13-11-7-3-4-8-12(11)14-10;5-3(6)1-2-4(7)8/h1-8H;1-2H,(H,5,6)(H,7,8)/b;2-1+. The van der Waals surface area contributed by atoms with Crippen LogP contribution in [0.3, 0.4) is 0 Å². The van der Waals surface area contributed by atoms with Crippen LogP contribution in [-0.4, -0.2) is 32.1 Å². The van der Waals surface area contributed by atoms with Gasteiger partial charge in [-0.15, -0.1) is 0 Å². The first-order valence-electron chi connectivity index (χ1n) is 6.32. The molecule has 1 aromatic heterocycles. The first-order chi connectivity index (χ1) is 10.6. The van der Waals surface area contributed by atoms with Gasteiger partial charge >= 0.3 is 11.9 Å². The SMILES string of the molecule is O=C(O)/C=C/C(=O)O.c1ccc2nc3ccccc3nc2c1.